The molecule has 21 heavy (non-hydrogen) atoms. The Morgan fingerprint density at radius 1 is 1.43 bits per heavy atom. The Morgan fingerprint density at radius 2 is 2.24 bits per heavy atom. The van der Waals surface area contributed by atoms with Crippen molar-refractivity contribution in [1.82, 2.24) is 10.2 Å². The van der Waals surface area contributed by atoms with E-state index in [4.69, 9.17) is 9.47 Å². The second kappa shape index (κ2) is 8.87. The summed E-state index contributed by atoms with van der Waals surface area (Å²) in [6.45, 7) is 5.51. The first-order valence-electron chi connectivity index (χ1n) is 6.96. The van der Waals surface area contributed by atoms with Crippen molar-refractivity contribution in [3.05, 3.63) is 29.8 Å². The average molecular weight is 315 g/mol. The molecule has 0 aliphatic carbocycles. The molecule has 1 aromatic carbocycles. The van der Waals surface area contributed by atoms with Crippen molar-refractivity contribution >= 4 is 18.3 Å². The van der Waals surface area contributed by atoms with Gasteiger partial charge < -0.3 is 19.7 Å². The van der Waals surface area contributed by atoms with Gasteiger partial charge in [-0.3, -0.25) is 4.79 Å². The van der Waals surface area contributed by atoms with Crippen molar-refractivity contribution in [2.75, 3.05) is 40.0 Å². The Balaban J connectivity index is 0.00000220. The molecule has 6 heteroatoms. The number of benzene rings is 1. The van der Waals surface area contributed by atoms with Crippen LogP contribution in [0.1, 0.15) is 17.3 Å². The predicted molar refractivity (Wildman–Crippen MR) is 84.4 cm³/mol. The number of methoxy groups -OCH3 is 1. The third-order valence-electron chi connectivity index (χ3n) is 3.40. The number of hydrogen-bond donors (Lipinski definition) is 1. The van der Waals surface area contributed by atoms with Crippen LogP contribution in [0.4, 0.5) is 0 Å². The van der Waals surface area contributed by atoms with Gasteiger partial charge in [-0.2, -0.15) is 0 Å². The van der Waals surface area contributed by atoms with Gasteiger partial charge in [-0.15, -0.1) is 12.4 Å². The van der Waals surface area contributed by atoms with Crippen molar-refractivity contribution in [2.45, 2.75) is 13.0 Å². The van der Waals surface area contributed by atoms with Crippen LogP contribution in [0.5, 0.6) is 5.75 Å². The second-order valence-electron chi connectivity index (χ2n) is 4.92. The number of amides is 1. The summed E-state index contributed by atoms with van der Waals surface area (Å²) in [4.78, 5) is 14.4. The molecular formula is C15H23ClN2O3. The maximum Gasteiger partial charge on any atom is 0.254 e. The van der Waals surface area contributed by atoms with E-state index >= 15 is 0 Å². The van der Waals surface area contributed by atoms with Crippen LogP contribution in [0, 0.1) is 0 Å². The van der Waals surface area contributed by atoms with Crippen LogP contribution in [0.2, 0.25) is 0 Å². The van der Waals surface area contributed by atoms with Gasteiger partial charge >= 0.3 is 0 Å². The van der Waals surface area contributed by atoms with Crippen molar-refractivity contribution < 1.29 is 14.3 Å². The fourth-order valence-corrected chi connectivity index (χ4v) is 2.27. The molecule has 2 rings (SSSR count). The zero-order valence-corrected chi connectivity index (χ0v) is 13.3. The number of nitrogens with zero attached hydrogens (tertiary/aromatic N) is 1. The van der Waals surface area contributed by atoms with Gasteiger partial charge in [0.15, 0.2) is 0 Å². The number of nitrogens with one attached hydrogen (secondary N) is 1. The SMILES string of the molecule is COCCOc1cccc(C(=O)N2CCNC[C@@H]2C)c1.Cl. The minimum absolute atomic E-state index is 0. The molecule has 0 bridgehead atoms. The molecule has 1 N–H and O–H groups in total. The average Bonchev–Trinajstić information content (AvgIpc) is 2.48. The van der Waals surface area contributed by atoms with E-state index in [9.17, 15) is 4.79 Å². The smallest absolute Gasteiger partial charge is 0.254 e. The van der Waals surface area contributed by atoms with Gasteiger partial charge in [-0.1, -0.05) is 6.07 Å². The maximum atomic E-state index is 12.5. The highest BCUT2D eigenvalue weighted by molar-refractivity contribution is 5.94. The molecule has 1 saturated heterocycles. The maximum absolute atomic E-state index is 12.5. The zero-order valence-electron chi connectivity index (χ0n) is 12.5. The lowest BCUT2D eigenvalue weighted by molar-refractivity contribution is 0.0655. The van der Waals surface area contributed by atoms with Crippen molar-refractivity contribution in [1.29, 1.82) is 0 Å². The summed E-state index contributed by atoms with van der Waals surface area (Å²) in [6, 6.07) is 7.55. The summed E-state index contributed by atoms with van der Waals surface area (Å²) in [6.07, 6.45) is 0. The van der Waals surface area contributed by atoms with Crippen LogP contribution < -0.4 is 10.1 Å². The van der Waals surface area contributed by atoms with Crippen LogP contribution in [-0.4, -0.2) is 56.8 Å². The first kappa shape index (κ1) is 17.8. The fraction of sp³-hybridized carbons (Fsp3) is 0.533. The number of halogens is 1. The molecule has 0 aromatic heterocycles. The lowest BCUT2D eigenvalue weighted by Gasteiger charge is -2.34. The summed E-state index contributed by atoms with van der Waals surface area (Å²) in [5.74, 6) is 0.770. The number of rotatable bonds is 5. The highest BCUT2D eigenvalue weighted by Crippen LogP contribution is 2.16. The van der Waals surface area contributed by atoms with Crippen LogP contribution in [0.15, 0.2) is 24.3 Å². The van der Waals surface area contributed by atoms with Gasteiger partial charge in [0.1, 0.15) is 12.4 Å². The van der Waals surface area contributed by atoms with Crippen LogP contribution in [0.3, 0.4) is 0 Å². The Labute approximate surface area is 132 Å². The van der Waals surface area contributed by atoms with Crippen LogP contribution in [-0.2, 0) is 4.74 Å². The molecule has 118 valence electrons. The van der Waals surface area contributed by atoms with E-state index in [1.165, 1.54) is 0 Å². The van der Waals surface area contributed by atoms with E-state index in [1.54, 1.807) is 13.2 Å². The minimum atomic E-state index is 0. The van der Waals surface area contributed by atoms with Crippen LogP contribution in [0.25, 0.3) is 0 Å². The molecule has 1 aliphatic heterocycles. The molecule has 1 aromatic rings. The van der Waals surface area contributed by atoms with E-state index in [0.717, 1.165) is 19.6 Å². The molecule has 1 fully saturated rings. The topological polar surface area (TPSA) is 50.8 Å². The van der Waals surface area contributed by atoms with Gasteiger partial charge in [0.25, 0.3) is 5.91 Å². The first-order chi connectivity index (χ1) is 9.72. The second-order valence-corrected chi connectivity index (χ2v) is 4.92. The Morgan fingerprint density at radius 3 is 2.95 bits per heavy atom. The van der Waals surface area contributed by atoms with Gasteiger partial charge in [0.05, 0.1) is 6.61 Å². The number of ether oxygens (including phenoxy) is 2. The highest BCUT2D eigenvalue weighted by atomic mass is 35.5. The molecule has 0 radical (unpaired) electrons. The minimum Gasteiger partial charge on any atom is -0.491 e. The molecule has 0 saturated carbocycles. The largest absolute Gasteiger partial charge is 0.491 e. The Kier molecular flexibility index (Phi) is 7.50. The molecule has 1 amide bonds. The number of piperazine rings is 1. The molecule has 1 heterocycles. The predicted octanol–water partition coefficient (Wildman–Crippen LogP) is 1.57. The normalized spacial score (nSPS) is 18.0. The summed E-state index contributed by atoms with van der Waals surface area (Å²) >= 11 is 0. The summed E-state index contributed by atoms with van der Waals surface area (Å²) in [7, 11) is 1.63. The van der Waals surface area contributed by atoms with Crippen LogP contribution >= 0.6 is 12.4 Å². The third-order valence-corrected chi connectivity index (χ3v) is 3.40. The third kappa shape index (κ3) is 4.88. The summed E-state index contributed by atoms with van der Waals surface area (Å²) in [5.41, 5.74) is 0.675. The summed E-state index contributed by atoms with van der Waals surface area (Å²) < 4.78 is 10.5. The van der Waals surface area contributed by atoms with E-state index in [2.05, 4.69) is 12.2 Å². The molecule has 1 atom stereocenters. The van der Waals surface area contributed by atoms with Gasteiger partial charge in [0, 0.05) is 38.3 Å². The van der Waals surface area contributed by atoms with E-state index in [0.29, 0.717) is 24.5 Å². The van der Waals surface area contributed by atoms with Gasteiger partial charge in [0.2, 0.25) is 0 Å². The summed E-state index contributed by atoms with van der Waals surface area (Å²) in [5, 5.41) is 3.28. The van der Waals surface area contributed by atoms with E-state index in [1.807, 2.05) is 23.1 Å². The van der Waals surface area contributed by atoms with Gasteiger partial charge in [-0.05, 0) is 25.1 Å². The Bertz CT molecular complexity index is 456. The van der Waals surface area contributed by atoms with E-state index in [-0.39, 0.29) is 24.4 Å². The lowest BCUT2D eigenvalue weighted by atomic mass is 10.1. The molecule has 5 nitrogen and oxygen atoms in total. The fourth-order valence-electron chi connectivity index (χ4n) is 2.27. The van der Waals surface area contributed by atoms with Crippen molar-refractivity contribution in [2.24, 2.45) is 0 Å². The Hall–Kier alpha value is -1.30. The lowest BCUT2D eigenvalue weighted by Crippen LogP contribution is -2.52. The molecule has 0 spiro atoms. The first-order valence-corrected chi connectivity index (χ1v) is 6.96. The standard InChI is InChI=1S/C15H22N2O3.ClH/c1-12-11-16-6-7-17(12)15(18)13-4-3-5-14(10-13)20-9-8-19-2;/h3-5,10,12,16H,6-9,11H2,1-2H3;1H/t12-;/m0./s1. The number of carbonyl (C=O) groups is 1. The monoisotopic (exact) mass is 314 g/mol. The molecular weight excluding hydrogens is 292 g/mol. The van der Waals surface area contributed by atoms with E-state index < -0.39 is 0 Å². The van der Waals surface area contributed by atoms with Crippen molar-refractivity contribution in [3.63, 3.8) is 0 Å². The number of carbonyl (C=O) groups excluding carboxylic acids is 1. The molecule has 0 unspecified atom stereocenters. The van der Waals surface area contributed by atoms with Gasteiger partial charge in [-0.25, -0.2) is 0 Å². The molecule has 1 aliphatic rings. The quantitative estimate of drug-likeness (QED) is 0.838. The highest BCUT2D eigenvalue weighted by Gasteiger charge is 2.24. The number of hydrogen-bond acceptors (Lipinski definition) is 4. The zero-order chi connectivity index (χ0) is 14.4. The van der Waals surface area contributed by atoms with Crippen molar-refractivity contribution in [3.8, 4) is 5.75 Å².